The molecule has 0 atom stereocenters. The van der Waals surface area contributed by atoms with E-state index in [1.807, 2.05) is 0 Å². The molecule has 0 fully saturated rings. The number of hydrazine groups is 2. The van der Waals surface area contributed by atoms with E-state index in [4.69, 9.17) is 28.2 Å². The van der Waals surface area contributed by atoms with Gasteiger partial charge < -0.3 is 16.6 Å². The first kappa shape index (κ1) is 11.0. The predicted octanol–water partition coefficient (Wildman–Crippen LogP) is -1.15. The number of anilines is 1. The van der Waals surface area contributed by atoms with Crippen molar-refractivity contribution in [3.8, 4) is 0 Å². The second-order valence-corrected chi connectivity index (χ2v) is 2.81. The van der Waals surface area contributed by atoms with E-state index in [0.29, 0.717) is 16.8 Å². The normalized spacial score (nSPS) is 9.47. The minimum atomic E-state index is -0.0666. The lowest BCUT2D eigenvalue weighted by Gasteiger charge is -2.12. The molecule has 0 heterocycles. The molecule has 10 N–H and O–H groups in total. The average molecular weight is 207 g/mol. The third kappa shape index (κ3) is 2.03. The molecule has 0 aromatic heterocycles. The fraction of sp³-hybridized carbons (Fsp3) is 0. The van der Waals surface area contributed by atoms with Crippen LogP contribution in [-0.2, 0) is 0 Å². The second kappa shape index (κ2) is 4.40. The highest BCUT2D eigenvalue weighted by Gasteiger charge is 2.13. The maximum absolute atomic E-state index is 7.55. The fourth-order valence-electron chi connectivity index (χ4n) is 1.21. The first-order valence-electron chi connectivity index (χ1n) is 4.11. The molecular formula is C8H13N7. The van der Waals surface area contributed by atoms with Crippen molar-refractivity contribution in [2.75, 3.05) is 5.73 Å². The molecule has 1 aromatic rings. The molecular weight excluding hydrogens is 194 g/mol. The SMILES string of the molecule is N=C(NN)c1cccc(N)c1C(=N)NN. The standard InChI is InChI=1S/C8H13N7/c9-5-3-1-2-4(7(10)14-12)6(5)8(11)15-13/h1-3H,9,12-13H2,(H2,10,14)(H2,11,15). The zero-order chi connectivity index (χ0) is 11.4. The minimum Gasteiger partial charge on any atom is -0.398 e. The van der Waals surface area contributed by atoms with Crippen LogP contribution in [0, 0.1) is 10.8 Å². The van der Waals surface area contributed by atoms with Crippen molar-refractivity contribution in [1.29, 1.82) is 10.8 Å². The summed E-state index contributed by atoms with van der Waals surface area (Å²) in [4.78, 5) is 0. The van der Waals surface area contributed by atoms with Gasteiger partial charge in [-0.3, -0.25) is 10.8 Å². The number of amidine groups is 2. The van der Waals surface area contributed by atoms with Gasteiger partial charge in [-0.1, -0.05) is 12.1 Å². The van der Waals surface area contributed by atoms with Crippen LogP contribution in [0.1, 0.15) is 11.1 Å². The molecule has 0 aliphatic carbocycles. The van der Waals surface area contributed by atoms with Crippen LogP contribution in [0.3, 0.4) is 0 Å². The Hall–Kier alpha value is -2.12. The summed E-state index contributed by atoms with van der Waals surface area (Å²) < 4.78 is 0. The van der Waals surface area contributed by atoms with E-state index in [2.05, 4.69) is 10.9 Å². The van der Waals surface area contributed by atoms with Crippen molar-refractivity contribution < 1.29 is 0 Å². The number of nitrogen functional groups attached to an aromatic ring is 1. The molecule has 1 aromatic carbocycles. The van der Waals surface area contributed by atoms with Crippen LogP contribution in [0.4, 0.5) is 5.69 Å². The molecule has 0 unspecified atom stereocenters. The number of hydrogen-bond donors (Lipinski definition) is 7. The third-order valence-corrected chi connectivity index (χ3v) is 1.90. The Labute approximate surface area is 86.6 Å². The van der Waals surface area contributed by atoms with Gasteiger partial charge in [-0.25, -0.2) is 11.7 Å². The zero-order valence-electron chi connectivity index (χ0n) is 7.96. The smallest absolute Gasteiger partial charge is 0.142 e. The van der Waals surface area contributed by atoms with E-state index in [-0.39, 0.29) is 11.7 Å². The van der Waals surface area contributed by atoms with E-state index in [1.54, 1.807) is 18.2 Å². The first-order valence-corrected chi connectivity index (χ1v) is 4.11. The summed E-state index contributed by atoms with van der Waals surface area (Å²) in [6, 6.07) is 4.91. The summed E-state index contributed by atoms with van der Waals surface area (Å²) in [7, 11) is 0. The number of nitrogens with two attached hydrogens (primary N) is 3. The van der Waals surface area contributed by atoms with Crippen molar-refractivity contribution in [3.63, 3.8) is 0 Å². The molecule has 15 heavy (non-hydrogen) atoms. The third-order valence-electron chi connectivity index (χ3n) is 1.90. The summed E-state index contributed by atoms with van der Waals surface area (Å²) in [5, 5.41) is 15.1. The van der Waals surface area contributed by atoms with Gasteiger partial charge in [0.1, 0.15) is 11.7 Å². The molecule has 7 nitrogen and oxygen atoms in total. The Balaban J connectivity index is 3.32. The van der Waals surface area contributed by atoms with Crippen LogP contribution < -0.4 is 28.3 Å². The topological polar surface area (TPSA) is 150 Å². The molecule has 0 amide bonds. The lowest BCUT2D eigenvalue weighted by molar-refractivity contribution is 0.999. The molecule has 1 rings (SSSR count). The van der Waals surface area contributed by atoms with Crippen molar-refractivity contribution >= 4 is 17.4 Å². The average Bonchev–Trinajstić information content (AvgIpc) is 2.26. The fourth-order valence-corrected chi connectivity index (χ4v) is 1.21. The lowest BCUT2D eigenvalue weighted by Crippen LogP contribution is -2.35. The molecule has 80 valence electrons. The quantitative estimate of drug-likeness (QED) is 0.107. The first-order chi connectivity index (χ1) is 7.11. The minimum absolute atomic E-state index is 0.0303. The highest BCUT2D eigenvalue weighted by atomic mass is 15.2. The second-order valence-electron chi connectivity index (χ2n) is 2.81. The summed E-state index contributed by atoms with van der Waals surface area (Å²) in [6.45, 7) is 0. The van der Waals surface area contributed by atoms with Gasteiger partial charge in [-0.15, -0.1) is 0 Å². The summed E-state index contributed by atoms with van der Waals surface area (Å²) in [5.74, 6) is 10.2. The van der Waals surface area contributed by atoms with E-state index in [0.717, 1.165) is 0 Å². The van der Waals surface area contributed by atoms with Crippen LogP contribution in [0.5, 0.6) is 0 Å². The van der Waals surface area contributed by atoms with Crippen LogP contribution >= 0.6 is 0 Å². The highest BCUT2D eigenvalue weighted by molar-refractivity contribution is 6.11. The van der Waals surface area contributed by atoms with Gasteiger partial charge in [-0.05, 0) is 6.07 Å². The molecule has 0 radical (unpaired) electrons. The van der Waals surface area contributed by atoms with Crippen molar-refractivity contribution in [2.24, 2.45) is 11.7 Å². The number of benzene rings is 1. The van der Waals surface area contributed by atoms with Crippen molar-refractivity contribution in [3.05, 3.63) is 29.3 Å². The van der Waals surface area contributed by atoms with Crippen LogP contribution in [0.25, 0.3) is 0 Å². The molecule has 0 aliphatic rings. The van der Waals surface area contributed by atoms with Gasteiger partial charge in [-0.2, -0.15) is 0 Å². The largest absolute Gasteiger partial charge is 0.398 e. The molecule has 0 saturated heterocycles. The van der Waals surface area contributed by atoms with E-state index in [1.165, 1.54) is 0 Å². The van der Waals surface area contributed by atoms with E-state index in [9.17, 15) is 0 Å². The highest BCUT2D eigenvalue weighted by Crippen LogP contribution is 2.16. The maximum atomic E-state index is 7.55. The van der Waals surface area contributed by atoms with Crippen LogP contribution in [0.15, 0.2) is 18.2 Å². The lowest BCUT2D eigenvalue weighted by atomic mass is 10.0. The molecule has 0 spiro atoms. The van der Waals surface area contributed by atoms with Crippen molar-refractivity contribution in [2.45, 2.75) is 0 Å². The number of rotatable bonds is 2. The van der Waals surface area contributed by atoms with Crippen LogP contribution in [-0.4, -0.2) is 11.7 Å². The number of hydrogen-bond acceptors (Lipinski definition) is 5. The molecule has 7 heteroatoms. The summed E-state index contributed by atoms with van der Waals surface area (Å²) in [6.07, 6.45) is 0. The Kier molecular flexibility index (Phi) is 3.21. The molecule has 0 bridgehead atoms. The van der Waals surface area contributed by atoms with Crippen molar-refractivity contribution in [1.82, 2.24) is 10.9 Å². The number of nitrogens with one attached hydrogen (secondary N) is 4. The molecule has 0 aliphatic heterocycles. The maximum Gasteiger partial charge on any atom is 0.142 e. The Morgan fingerprint density at radius 2 is 1.67 bits per heavy atom. The van der Waals surface area contributed by atoms with Gasteiger partial charge in [0, 0.05) is 11.3 Å². The summed E-state index contributed by atoms with van der Waals surface area (Å²) in [5.41, 5.74) is 11.2. The summed E-state index contributed by atoms with van der Waals surface area (Å²) >= 11 is 0. The van der Waals surface area contributed by atoms with E-state index < -0.39 is 0 Å². The van der Waals surface area contributed by atoms with Gasteiger partial charge in [0.2, 0.25) is 0 Å². The van der Waals surface area contributed by atoms with E-state index >= 15 is 0 Å². The van der Waals surface area contributed by atoms with Gasteiger partial charge in [0.25, 0.3) is 0 Å². The Bertz CT molecular complexity index is 398. The predicted molar refractivity (Wildman–Crippen MR) is 59.2 cm³/mol. The zero-order valence-corrected chi connectivity index (χ0v) is 7.96. The Morgan fingerprint density at radius 1 is 1.07 bits per heavy atom. The molecule has 0 saturated carbocycles. The van der Waals surface area contributed by atoms with Gasteiger partial charge in [0.15, 0.2) is 0 Å². The van der Waals surface area contributed by atoms with Crippen LogP contribution in [0.2, 0.25) is 0 Å². The Morgan fingerprint density at radius 3 is 2.20 bits per heavy atom. The monoisotopic (exact) mass is 207 g/mol. The van der Waals surface area contributed by atoms with Gasteiger partial charge >= 0.3 is 0 Å². The van der Waals surface area contributed by atoms with Gasteiger partial charge in [0.05, 0.1) is 5.56 Å².